The predicted octanol–water partition coefficient (Wildman–Crippen LogP) is 2.46. The zero-order valence-corrected chi connectivity index (χ0v) is 7.58. The molecule has 0 aromatic rings. The van der Waals surface area contributed by atoms with Gasteiger partial charge in [0.2, 0.25) is 0 Å². The molecule has 0 aromatic heterocycles. The SMILES string of the molecule is C=CCC(=O)OC(C=C)CCC. The summed E-state index contributed by atoms with van der Waals surface area (Å²) < 4.78 is 5.05. The maximum absolute atomic E-state index is 10.9. The molecule has 0 radical (unpaired) electrons. The van der Waals surface area contributed by atoms with Crippen molar-refractivity contribution in [3.05, 3.63) is 25.3 Å². The van der Waals surface area contributed by atoms with Crippen molar-refractivity contribution in [1.82, 2.24) is 0 Å². The van der Waals surface area contributed by atoms with Crippen LogP contribution in [0.1, 0.15) is 26.2 Å². The number of carbonyl (C=O) groups excluding carboxylic acids is 1. The molecule has 0 bridgehead atoms. The summed E-state index contributed by atoms with van der Waals surface area (Å²) in [6.45, 7) is 9.08. The summed E-state index contributed by atoms with van der Waals surface area (Å²) in [5, 5.41) is 0. The summed E-state index contributed by atoms with van der Waals surface area (Å²) in [4.78, 5) is 10.9. The molecular formula is C10H16O2. The quantitative estimate of drug-likeness (QED) is 0.450. The zero-order chi connectivity index (χ0) is 9.40. The highest BCUT2D eigenvalue weighted by atomic mass is 16.5. The smallest absolute Gasteiger partial charge is 0.310 e. The molecule has 2 nitrogen and oxygen atoms in total. The van der Waals surface area contributed by atoms with E-state index in [9.17, 15) is 4.79 Å². The van der Waals surface area contributed by atoms with Crippen LogP contribution in [0.3, 0.4) is 0 Å². The van der Waals surface area contributed by atoms with Crippen molar-refractivity contribution in [3.63, 3.8) is 0 Å². The molecule has 0 aliphatic carbocycles. The van der Waals surface area contributed by atoms with Crippen LogP contribution in [0.5, 0.6) is 0 Å². The number of hydrogen-bond donors (Lipinski definition) is 0. The molecule has 0 N–H and O–H groups in total. The van der Waals surface area contributed by atoms with Gasteiger partial charge in [-0.05, 0) is 6.42 Å². The molecule has 0 aliphatic rings. The standard InChI is InChI=1S/C10H16O2/c1-4-7-9(6-3)12-10(11)8-5-2/h5-6,9H,2-4,7-8H2,1H3. The first-order chi connectivity index (χ1) is 5.74. The molecule has 0 saturated carbocycles. The lowest BCUT2D eigenvalue weighted by molar-refractivity contribution is -0.146. The van der Waals surface area contributed by atoms with Crippen LogP contribution in [0.4, 0.5) is 0 Å². The maximum atomic E-state index is 10.9. The molecule has 1 atom stereocenters. The number of hydrogen-bond acceptors (Lipinski definition) is 2. The van der Waals surface area contributed by atoms with Crippen LogP contribution < -0.4 is 0 Å². The Hall–Kier alpha value is -1.05. The third kappa shape index (κ3) is 4.72. The van der Waals surface area contributed by atoms with Gasteiger partial charge in [0.1, 0.15) is 6.10 Å². The van der Waals surface area contributed by atoms with Crippen molar-refractivity contribution in [1.29, 1.82) is 0 Å². The van der Waals surface area contributed by atoms with Gasteiger partial charge < -0.3 is 4.74 Å². The molecule has 0 spiro atoms. The van der Waals surface area contributed by atoms with Crippen molar-refractivity contribution in [2.75, 3.05) is 0 Å². The van der Waals surface area contributed by atoms with Gasteiger partial charge in [-0.2, -0.15) is 0 Å². The Morgan fingerprint density at radius 1 is 1.58 bits per heavy atom. The van der Waals surface area contributed by atoms with Crippen molar-refractivity contribution >= 4 is 5.97 Å². The summed E-state index contributed by atoms with van der Waals surface area (Å²) in [6.07, 6.45) is 5.15. The van der Waals surface area contributed by atoms with Gasteiger partial charge in [-0.25, -0.2) is 0 Å². The van der Waals surface area contributed by atoms with Gasteiger partial charge in [-0.1, -0.05) is 32.1 Å². The number of ether oxygens (including phenoxy) is 1. The van der Waals surface area contributed by atoms with Gasteiger partial charge in [0, 0.05) is 0 Å². The van der Waals surface area contributed by atoms with Gasteiger partial charge in [-0.3, -0.25) is 4.79 Å². The second-order valence-corrected chi connectivity index (χ2v) is 2.55. The molecule has 0 fully saturated rings. The van der Waals surface area contributed by atoms with Crippen molar-refractivity contribution in [2.45, 2.75) is 32.3 Å². The van der Waals surface area contributed by atoms with Crippen LogP contribution in [-0.4, -0.2) is 12.1 Å². The van der Waals surface area contributed by atoms with E-state index in [4.69, 9.17) is 4.74 Å². The van der Waals surface area contributed by atoms with E-state index >= 15 is 0 Å². The van der Waals surface area contributed by atoms with Crippen LogP contribution in [0.2, 0.25) is 0 Å². The molecule has 12 heavy (non-hydrogen) atoms. The number of esters is 1. The molecule has 0 amide bonds. The second kappa shape index (κ2) is 6.65. The van der Waals surface area contributed by atoms with E-state index in [1.54, 1.807) is 6.08 Å². The molecule has 0 saturated heterocycles. The highest BCUT2D eigenvalue weighted by Gasteiger charge is 2.07. The Labute approximate surface area is 73.9 Å². The van der Waals surface area contributed by atoms with Crippen LogP contribution in [0.15, 0.2) is 25.3 Å². The van der Waals surface area contributed by atoms with Crippen LogP contribution >= 0.6 is 0 Å². The molecular weight excluding hydrogens is 152 g/mol. The van der Waals surface area contributed by atoms with E-state index in [1.165, 1.54) is 6.08 Å². The second-order valence-electron chi connectivity index (χ2n) is 2.55. The molecule has 1 unspecified atom stereocenters. The Balaban J connectivity index is 3.75. The normalized spacial score (nSPS) is 11.8. The third-order valence-corrected chi connectivity index (χ3v) is 1.43. The van der Waals surface area contributed by atoms with E-state index < -0.39 is 0 Å². The number of rotatable bonds is 6. The average molecular weight is 168 g/mol. The van der Waals surface area contributed by atoms with Crippen molar-refractivity contribution < 1.29 is 9.53 Å². The highest BCUT2D eigenvalue weighted by molar-refractivity contribution is 5.71. The molecule has 0 aliphatic heterocycles. The molecule has 0 aromatic carbocycles. The Morgan fingerprint density at radius 3 is 2.67 bits per heavy atom. The molecule has 2 heteroatoms. The largest absolute Gasteiger partial charge is 0.458 e. The van der Waals surface area contributed by atoms with Crippen LogP contribution in [0.25, 0.3) is 0 Å². The zero-order valence-electron chi connectivity index (χ0n) is 7.58. The minimum atomic E-state index is -0.233. The van der Waals surface area contributed by atoms with Gasteiger partial charge in [0.05, 0.1) is 6.42 Å². The molecule has 68 valence electrons. The topological polar surface area (TPSA) is 26.3 Å². The first-order valence-electron chi connectivity index (χ1n) is 4.17. The van der Waals surface area contributed by atoms with Gasteiger partial charge in [-0.15, -0.1) is 6.58 Å². The summed E-state index contributed by atoms with van der Waals surface area (Å²) in [5.41, 5.74) is 0. The van der Waals surface area contributed by atoms with Crippen molar-refractivity contribution in [2.24, 2.45) is 0 Å². The van der Waals surface area contributed by atoms with E-state index in [2.05, 4.69) is 13.2 Å². The summed E-state index contributed by atoms with van der Waals surface area (Å²) >= 11 is 0. The summed E-state index contributed by atoms with van der Waals surface area (Å²) in [7, 11) is 0. The maximum Gasteiger partial charge on any atom is 0.310 e. The Bertz CT molecular complexity index is 161. The Kier molecular flexibility index (Phi) is 6.07. The van der Waals surface area contributed by atoms with Gasteiger partial charge >= 0.3 is 5.97 Å². The van der Waals surface area contributed by atoms with E-state index in [-0.39, 0.29) is 18.5 Å². The summed E-state index contributed by atoms with van der Waals surface area (Å²) in [5.74, 6) is -0.233. The lowest BCUT2D eigenvalue weighted by Gasteiger charge is -2.11. The predicted molar refractivity (Wildman–Crippen MR) is 49.8 cm³/mol. The van der Waals surface area contributed by atoms with Gasteiger partial charge in [0.15, 0.2) is 0 Å². The minimum absolute atomic E-state index is 0.137. The number of carbonyl (C=O) groups is 1. The monoisotopic (exact) mass is 168 g/mol. The fourth-order valence-electron chi connectivity index (χ4n) is 0.844. The first kappa shape index (κ1) is 11.0. The fraction of sp³-hybridized carbons (Fsp3) is 0.500. The average Bonchev–Trinajstić information content (AvgIpc) is 2.04. The highest BCUT2D eigenvalue weighted by Crippen LogP contribution is 2.04. The first-order valence-corrected chi connectivity index (χ1v) is 4.17. The van der Waals surface area contributed by atoms with E-state index in [0.717, 1.165) is 12.8 Å². The lowest BCUT2D eigenvalue weighted by atomic mass is 10.2. The Morgan fingerprint density at radius 2 is 2.25 bits per heavy atom. The summed E-state index contributed by atoms with van der Waals surface area (Å²) in [6, 6.07) is 0. The van der Waals surface area contributed by atoms with Crippen molar-refractivity contribution in [3.8, 4) is 0 Å². The molecule has 0 rings (SSSR count). The third-order valence-electron chi connectivity index (χ3n) is 1.43. The minimum Gasteiger partial charge on any atom is -0.458 e. The molecule has 0 heterocycles. The van der Waals surface area contributed by atoms with E-state index in [0.29, 0.717) is 0 Å². The van der Waals surface area contributed by atoms with Crippen LogP contribution in [0, 0.1) is 0 Å². The van der Waals surface area contributed by atoms with E-state index in [1.807, 2.05) is 6.92 Å². The van der Waals surface area contributed by atoms with Gasteiger partial charge in [0.25, 0.3) is 0 Å². The van der Waals surface area contributed by atoms with Crippen LogP contribution in [-0.2, 0) is 9.53 Å². The lowest BCUT2D eigenvalue weighted by Crippen LogP contribution is -2.14. The fourth-order valence-corrected chi connectivity index (χ4v) is 0.844.